The summed E-state index contributed by atoms with van der Waals surface area (Å²) in [5.74, 6) is -0.867. The standard InChI is InChI=1S/C18H14F3N3O2/c1-10-6-7-14-13(8-10)16(25)15(23-24(14)2)17(26)22-12-5-3-4-11(9-12)18(19,20)21/h3-9H,1-2H3,(H,22,26). The predicted molar refractivity (Wildman–Crippen MR) is 91.1 cm³/mol. The van der Waals surface area contributed by atoms with E-state index in [1.807, 2.05) is 13.0 Å². The number of rotatable bonds is 2. The number of amides is 1. The van der Waals surface area contributed by atoms with Crippen LogP contribution in [-0.2, 0) is 13.2 Å². The summed E-state index contributed by atoms with van der Waals surface area (Å²) >= 11 is 0. The molecule has 0 radical (unpaired) electrons. The molecule has 5 nitrogen and oxygen atoms in total. The number of nitrogens with zero attached hydrogens (tertiary/aromatic N) is 2. The molecule has 3 aromatic rings. The van der Waals surface area contributed by atoms with Crippen LogP contribution in [0.4, 0.5) is 18.9 Å². The number of alkyl halides is 3. The summed E-state index contributed by atoms with van der Waals surface area (Å²) < 4.78 is 39.7. The fraction of sp³-hybridized carbons (Fsp3) is 0.167. The summed E-state index contributed by atoms with van der Waals surface area (Å²) in [4.78, 5) is 25.0. The highest BCUT2D eigenvalue weighted by Gasteiger charge is 2.30. The first-order valence-corrected chi connectivity index (χ1v) is 7.63. The SMILES string of the molecule is Cc1ccc2c(c1)c(=O)c(C(=O)Nc1cccc(C(F)(F)F)c1)nn2C. The molecule has 0 aliphatic heterocycles. The lowest BCUT2D eigenvalue weighted by atomic mass is 10.1. The molecular formula is C18H14F3N3O2. The molecule has 1 aromatic heterocycles. The lowest BCUT2D eigenvalue weighted by Gasteiger charge is -2.11. The summed E-state index contributed by atoms with van der Waals surface area (Å²) in [6, 6.07) is 9.34. The molecule has 1 heterocycles. The van der Waals surface area contributed by atoms with Crippen LogP contribution < -0.4 is 10.7 Å². The Balaban J connectivity index is 2.01. The van der Waals surface area contributed by atoms with Gasteiger partial charge < -0.3 is 5.32 Å². The molecule has 1 amide bonds. The summed E-state index contributed by atoms with van der Waals surface area (Å²) in [5.41, 5.74) is -0.543. The number of carbonyl (C=O) groups is 1. The van der Waals surface area contributed by atoms with Crippen LogP contribution in [0.15, 0.2) is 47.3 Å². The van der Waals surface area contributed by atoms with Crippen molar-refractivity contribution >= 4 is 22.5 Å². The normalized spacial score (nSPS) is 11.6. The van der Waals surface area contributed by atoms with Gasteiger partial charge >= 0.3 is 6.18 Å². The number of aromatic nitrogens is 2. The van der Waals surface area contributed by atoms with Crippen LogP contribution in [0.25, 0.3) is 10.9 Å². The average molecular weight is 361 g/mol. The summed E-state index contributed by atoms with van der Waals surface area (Å²) in [7, 11) is 1.58. The topological polar surface area (TPSA) is 64.0 Å². The van der Waals surface area contributed by atoms with Crippen molar-refractivity contribution in [2.75, 3.05) is 5.32 Å². The molecule has 0 fully saturated rings. The minimum Gasteiger partial charge on any atom is -0.320 e. The summed E-state index contributed by atoms with van der Waals surface area (Å²) in [6.45, 7) is 1.81. The van der Waals surface area contributed by atoms with Gasteiger partial charge in [0.1, 0.15) is 0 Å². The van der Waals surface area contributed by atoms with Crippen molar-refractivity contribution in [1.82, 2.24) is 9.78 Å². The molecule has 2 aromatic carbocycles. The maximum atomic E-state index is 12.8. The molecule has 0 spiro atoms. The first-order valence-electron chi connectivity index (χ1n) is 7.63. The molecule has 0 aliphatic carbocycles. The minimum atomic E-state index is -4.53. The van der Waals surface area contributed by atoms with Crippen LogP contribution in [0.5, 0.6) is 0 Å². The molecule has 0 aliphatic rings. The second-order valence-electron chi connectivity index (χ2n) is 5.85. The Morgan fingerprint density at radius 2 is 1.88 bits per heavy atom. The van der Waals surface area contributed by atoms with Crippen molar-refractivity contribution < 1.29 is 18.0 Å². The van der Waals surface area contributed by atoms with E-state index < -0.39 is 23.1 Å². The maximum absolute atomic E-state index is 12.8. The van der Waals surface area contributed by atoms with Crippen LogP contribution in [0.2, 0.25) is 0 Å². The van der Waals surface area contributed by atoms with Gasteiger partial charge in [0, 0.05) is 12.7 Å². The first-order chi connectivity index (χ1) is 12.2. The van der Waals surface area contributed by atoms with E-state index in [-0.39, 0.29) is 11.4 Å². The van der Waals surface area contributed by atoms with Crippen LogP contribution in [0.1, 0.15) is 21.6 Å². The molecule has 8 heteroatoms. The van der Waals surface area contributed by atoms with E-state index >= 15 is 0 Å². The van der Waals surface area contributed by atoms with Gasteiger partial charge in [-0.25, -0.2) is 0 Å². The van der Waals surface area contributed by atoms with Crippen molar-refractivity contribution in [2.45, 2.75) is 13.1 Å². The highest BCUT2D eigenvalue weighted by Crippen LogP contribution is 2.30. The Labute approximate surface area is 146 Å². The van der Waals surface area contributed by atoms with Crippen LogP contribution >= 0.6 is 0 Å². The zero-order valence-electron chi connectivity index (χ0n) is 13.9. The third kappa shape index (κ3) is 3.30. The summed E-state index contributed by atoms with van der Waals surface area (Å²) in [6.07, 6.45) is -4.53. The van der Waals surface area contributed by atoms with E-state index in [2.05, 4.69) is 10.4 Å². The number of aryl methyl sites for hydroxylation is 2. The van der Waals surface area contributed by atoms with Crippen LogP contribution in [0, 0.1) is 6.92 Å². The fourth-order valence-corrected chi connectivity index (χ4v) is 2.60. The van der Waals surface area contributed by atoms with Gasteiger partial charge in [-0.3, -0.25) is 14.3 Å². The zero-order valence-corrected chi connectivity index (χ0v) is 13.9. The van der Waals surface area contributed by atoms with E-state index in [1.165, 1.54) is 16.8 Å². The highest BCUT2D eigenvalue weighted by atomic mass is 19.4. The van der Waals surface area contributed by atoms with Crippen molar-refractivity contribution in [1.29, 1.82) is 0 Å². The number of carbonyl (C=O) groups excluding carboxylic acids is 1. The highest BCUT2D eigenvalue weighted by molar-refractivity contribution is 6.04. The molecule has 3 rings (SSSR count). The molecular weight excluding hydrogens is 347 g/mol. The van der Waals surface area contributed by atoms with Crippen molar-refractivity contribution in [3.8, 4) is 0 Å². The number of hydrogen-bond acceptors (Lipinski definition) is 3. The molecule has 134 valence electrons. The number of hydrogen-bond donors (Lipinski definition) is 1. The van der Waals surface area contributed by atoms with Gasteiger partial charge in [-0.1, -0.05) is 17.7 Å². The Kier molecular flexibility index (Phi) is 4.27. The number of anilines is 1. The van der Waals surface area contributed by atoms with Crippen LogP contribution in [-0.4, -0.2) is 15.7 Å². The van der Waals surface area contributed by atoms with Crippen molar-refractivity contribution in [2.24, 2.45) is 7.05 Å². The second-order valence-corrected chi connectivity index (χ2v) is 5.85. The number of fused-ring (bicyclic) bond motifs is 1. The molecule has 0 unspecified atom stereocenters. The smallest absolute Gasteiger partial charge is 0.320 e. The van der Waals surface area contributed by atoms with E-state index in [4.69, 9.17) is 0 Å². The Morgan fingerprint density at radius 1 is 1.15 bits per heavy atom. The first kappa shape index (κ1) is 17.7. The van der Waals surface area contributed by atoms with Gasteiger partial charge in [0.25, 0.3) is 5.91 Å². The lowest BCUT2D eigenvalue weighted by molar-refractivity contribution is -0.137. The Hall–Kier alpha value is -3.16. The summed E-state index contributed by atoms with van der Waals surface area (Å²) in [5, 5.41) is 6.59. The number of halogens is 3. The van der Waals surface area contributed by atoms with Gasteiger partial charge in [-0.05, 0) is 37.3 Å². The monoisotopic (exact) mass is 361 g/mol. The predicted octanol–water partition coefficient (Wildman–Crippen LogP) is 3.51. The van der Waals surface area contributed by atoms with Gasteiger partial charge in [0.05, 0.1) is 16.5 Å². The lowest BCUT2D eigenvalue weighted by Crippen LogP contribution is -2.26. The van der Waals surface area contributed by atoms with Gasteiger partial charge in [0.2, 0.25) is 5.43 Å². The molecule has 26 heavy (non-hydrogen) atoms. The third-order valence-electron chi connectivity index (χ3n) is 3.87. The van der Waals surface area contributed by atoms with Gasteiger partial charge in [0.15, 0.2) is 5.69 Å². The van der Waals surface area contributed by atoms with E-state index in [1.54, 1.807) is 19.2 Å². The molecule has 0 saturated carbocycles. The Bertz CT molecular complexity index is 1070. The molecule has 0 atom stereocenters. The fourth-order valence-electron chi connectivity index (χ4n) is 2.60. The number of nitrogens with one attached hydrogen (secondary N) is 1. The molecule has 1 N–H and O–H groups in total. The molecule has 0 saturated heterocycles. The minimum absolute atomic E-state index is 0.0713. The maximum Gasteiger partial charge on any atom is 0.416 e. The van der Waals surface area contributed by atoms with Crippen LogP contribution in [0.3, 0.4) is 0 Å². The largest absolute Gasteiger partial charge is 0.416 e. The van der Waals surface area contributed by atoms with Crippen molar-refractivity contribution in [3.63, 3.8) is 0 Å². The average Bonchev–Trinajstić information content (AvgIpc) is 2.57. The quantitative estimate of drug-likeness (QED) is 0.760. The third-order valence-corrected chi connectivity index (χ3v) is 3.87. The van der Waals surface area contributed by atoms with E-state index in [9.17, 15) is 22.8 Å². The van der Waals surface area contributed by atoms with Gasteiger partial charge in [-0.2, -0.15) is 18.3 Å². The van der Waals surface area contributed by atoms with Gasteiger partial charge in [-0.15, -0.1) is 0 Å². The van der Waals surface area contributed by atoms with E-state index in [0.29, 0.717) is 10.9 Å². The molecule has 0 bridgehead atoms. The van der Waals surface area contributed by atoms with E-state index in [0.717, 1.165) is 17.7 Å². The van der Waals surface area contributed by atoms with Crippen molar-refractivity contribution in [3.05, 3.63) is 69.5 Å². The Morgan fingerprint density at radius 3 is 2.58 bits per heavy atom. The second kappa shape index (κ2) is 6.29. The zero-order chi connectivity index (χ0) is 19.1. The number of benzene rings is 2.